The number of benzene rings is 1. The lowest BCUT2D eigenvalue weighted by Crippen LogP contribution is -1.98. The summed E-state index contributed by atoms with van der Waals surface area (Å²) in [5.41, 5.74) is 2.51. The number of rotatable bonds is 3. The molecule has 1 aromatic carbocycles. The van der Waals surface area contributed by atoms with Gasteiger partial charge >= 0.3 is 0 Å². The van der Waals surface area contributed by atoms with Crippen LogP contribution in [0.2, 0.25) is 0 Å². The van der Waals surface area contributed by atoms with E-state index in [1.54, 1.807) is 16.9 Å². The van der Waals surface area contributed by atoms with E-state index in [1.807, 2.05) is 36.4 Å². The molecule has 0 fully saturated rings. The van der Waals surface area contributed by atoms with Gasteiger partial charge in [0.15, 0.2) is 12.0 Å². The van der Waals surface area contributed by atoms with Crippen LogP contribution >= 0.6 is 0 Å². The van der Waals surface area contributed by atoms with Crippen molar-refractivity contribution in [3.05, 3.63) is 60.7 Å². The standard InChI is InChI=1S/C14H10N2O2/c17-10-14-12(7-9-18-14)13-6-8-15-16(13)11-4-2-1-3-5-11/h1-10H. The van der Waals surface area contributed by atoms with Crippen molar-refractivity contribution in [2.24, 2.45) is 0 Å². The maximum Gasteiger partial charge on any atom is 0.186 e. The van der Waals surface area contributed by atoms with Crippen molar-refractivity contribution in [1.29, 1.82) is 0 Å². The molecule has 0 spiro atoms. The normalized spacial score (nSPS) is 10.4. The van der Waals surface area contributed by atoms with E-state index in [0.29, 0.717) is 12.0 Å². The van der Waals surface area contributed by atoms with E-state index in [4.69, 9.17) is 4.42 Å². The lowest BCUT2D eigenvalue weighted by atomic mass is 10.2. The maximum absolute atomic E-state index is 10.9. The zero-order chi connectivity index (χ0) is 12.4. The molecule has 0 N–H and O–H groups in total. The van der Waals surface area contributed by atoms with Gasteiger partial charge in [-0.05, 0) is 24.3 Å². The molecule has 0 unspecified atom stereocenters. The third-order valence-electron chi connectivity index (χ3n) is 2.72. The first kappa shape index (κ1) is 10.5. The van der Waals surface area contributed by atoms with Gasteiger partial charge in [-0.3, -0.25) is 4.79 Å². The Morgan fingerprint density at radius 1 is 1.11 bits per heavy atom. The molecule has 3 aromatic rings. The van der Waals surface area contributed by atoms with Crippen LogP contribution in [-0.4, -0.2) is 16.1 Å². The molecular formula is C14H10N2O2. The minimum absolute atomic E-state index is 0.313. The summed E-state index contributed by atoms with van der Waals surface area (Å²) in [4.78, 5) is 10.9. The molecule has 0 atom stereocenters. The quantitative estimate of drug-likeness (QED) is 0.659. The fourth-order valence-corrected chi connectivity index (χ4v) is 1.91. The van der Waals surface area contributed by atoms with Crippen molar-refractivity contribution < 1.29 is 9.21 Å². The van der Waals surface area contributed by atoms with E-state index in [0.717, 1.165) is 16.9 Å². The van der Waals surface area contributed by atoms with Crippen molar-refractivity contribution in [3.8, 4) is 16.9 Å². The van der Waals surface area contributed by atoms with Crippen molar-refractivity contribution in [3.63, 3.8) is 0 Å². The first-order valence-corrected chi connectivity index (χ1v) is 5.52. The predicted octanol–water partition coefficient (Wildman–Crippen LogP) is 2.94. The summed E-state index contributed by atoms with van der Waals surface area (Å²) < 4.78 is 6.89. The van der Waals surface area contributed by atoms with Gasteiger partial charge < -0.3 is 4.42 Å². The summed E-state index contributed by atoms with van der Waals surface area (Å²) in [5, 5.41) is 4.28. The van der Waals surface area contributed by atoms with Crippen molar-refractivity contribution in [1.82, 2.24) is 9.78 Å². The molecule has 0 aliphatic carbocycles. The molecule has 0 saturated carbocycles. The number of hydrogen-bond donors (Lipinski definition) is 0. The van der Waals surface area contributed by atoms with Crippen LogP contribution in [0.25, 0.3) is 16.9 Å². The second-order valence-electron chi connectivity index (χ2n) is 3.78. The van der Waals surface area contributed by atoms with Crippen LogP contribution in [0.1, 0.15) is 10.6 Å². The highest BCUT2D eigenvalue weighted by Crippen LogP contribution is 2.25. The zero-order valence-electron chi connectivity index (χ0n) is 9.48. The molecule has 0 amide bonds. The molecule has 0 saturated heterocycles. The monoisotopic (exact) mass is 238 g/mol. The van der Waals surface area contributed by atoms with Crippen LogP contribution in [0, 0.1) is 0 Å². The van der Waals surface area contributed by atoms with Crippen LogP contribution in [-0.2, 0) is 0 Å². The Kier molecular flexibility index (Phi) is 2.53. The molecule has 4 heteroatoms. The molecule has 0 bridgehead atoms. The fourth-order valence-electron chi connectivity index (χ4n) is 1.91. The number of para-hydroxylation sites is 1. The van der Waals surface area contributed by atoms with Gasteiger partial charge in [0.1, 0.15) is 0 Å². The molecule has 2 aromatic heterocycles. The van der Waals surface area contributed by atoms with Crippen LogP contribution in [0.3, 0.4) is 0 Å². The number of carbonyl (C=O) groups excluding carboxylic acids is 1. The number of aromatic nitrogens is 2. The summed E-state index contributed by atoms with van der Waals surface area (Å²) in [7, 11) is 0. The lowest BCUT2D eigenvalue weighted by molar-refractivity contribution is 0.110. The fraction of sp³-hybridized carbons (Fsp3) is 0. The van der Waals surface area contributed by atoms with Crippen molar-refractivity contribution in [2.75, 3.05) is 0 Å². The second kappa shape index (κ2) is 4.33. The van der Waals surface area contributed by atoms with Gasteiger partial charge in [0.25, 0.3) is 0 Å². The van der Waals surface area contributed by atoms with Crippen LogP contribution in [0.15, 0.2) is 59.3 Å². The third kappa shape index (κ3) is 1.64. The number of hydrogen-bond acceptors (Lipinski definition) is 3. The summed E-state index contributed by atoms with van der Waals surface area (Å²) >= 11 is 0. The summed E-state index contributed by atoms with van der Waals surface area (Å²) in [5.74, 6) is 0.313. The van der Waals surface area contributed by atoms with Gasteiger partial charge in [-0.15, -0.1) is 0 Å². The molecule has 3 rings (SSSR count). The molecule has 18 heavy (non-hydrogen) atoms. The smallest absolute Gasteiger partial charge is 0.186 e. The first-order valence-electron chi connectivity index (χ1n) is 5.52. The summed E-state index contributed by atoms with van der Waals surface area (Å²) in [6.45, 7) is 0. The SMILES string of the molecule is O=Cc1occc1-c1ccnn1-c1ccccc1. The minimum atomic E-state index is 0.313. The van der Waals surface area contributed by atoms with Crippen molar-refractivity contribution >= 4 is 6.29 Å². The molecule has 2 heterocycles. The van der Waals surface area contributed by atoms with Gasteiger partial charge in [0.05, 0.1) is 23.8 Å². The van der Waals surface area contributed by atoms with Crippen LogP contribution in [0.5, 0.6) is 0 Å². The number of nitrogens with zero attached hydrogens (tertiary/aromatic N) is 2. The second-order valence-corrected chi connectivity index (χ2v) is 3.78. The van der Waals surface area contributed by atoms with Gasteiger partial charge in [0.2, 0.25) is 0 Å². The van der Waals surface area contributed by atoms with E-state index in [2.05, 4.69) is 5.10 Å². The summed E-state index contributed by atoms with van der Waals surface area (Å²) in [6, 6.07) is 13.4. The molecule has 88 valence electrons. The Morgan fingerprint density at radius 2 is 1.94 bits per heavy atom. The van der Waals surface area contributed by atoms with Crippen LogP contribution in [0.4, 0.5) is 0 Å². The van der Waals surface area contributed by atoms with Gasteiger partial charge in [-0.1, -0.05) is 18.2 Å². The molecule has 0 aliphatic rings. The number of furan rings is 1. The lowest BCUT2D eigenvalue weighted by Gasteiger charge is -2.05. The van der Waals surface area contributed by atoms with Gasteiger partial charge in [0, 0.05) is 5.56 Å². The maximum atomic E-state index is 10.9. The predicted molar refractivity (Wildman–Crippen MR) is 66.7 cm³/mol. The third-order valence-corrected chi connectivity index (χ3v) is 2.72. The molecule has 0 aliphatic heterocycles. The highest BCUT2D eigenvalue weighted by atomic mass is 16.3. The van der Waals surface area contributed by atoms with Crippen molar-refractivity contribution in [2.45, 2.75) is 0 Å². The Morgan fingerprint density at radius 3 is 2.72 bits per heavy atom. The zero-order valence-corrected chi connectivity index (χ0v) is 9.48. The van der Waals surface area contributed by atoms with E-state index in [-0.39, 0.29) is 0 Å². The highest BCUT2D eigenvalue weighted by molar-refractivity contribution is 5.83. The Balaban J connectivity index is 2.16. The van der Waals surface area contributed by atoms with E-state index >= 15 is 0 Å². The van der Waals surface area contributed by atoms with E-state index in [9.17, 15) is 4.79 Å². The van der Waals surface area contributed by atoms with E-state index in [1.165, 1.54) is 6.26 Å². The number of aldehydes is 1. The largest absolute Gasteiger partial charge is 0.461 e. The summed E-state index contributed by atoms with van der Waals surface area (Å²) in [6.07, 6.45) is 3.91. The van der Waals surface area contributed by atoms with Gasteiger partial charge in [-0.2, -0.15) is 5.10 Å². The highest BCUT2D eigenvalue weighted by Gasteiger charge is 2.13. The number of carbonyl (C=O) groups is 1. The average molecular weight is 238 g/mol. The minimum Gasteiger partial charge on any atom is -0.461 e. The Hall–Kier alpha value is -2.62. The Labute approximate surface area is 103 Å². The van der Waals surface area contributed by atoms with Crippen LogP contribution < -0.4 is 0 Å². The average Bonchev–Trinajstić information content (AvgIpc) is 3.07. The van der Waals surface area contributed by atoms with Gasteiger partial charge in [-0.25, -0.2) is 4.68 Å². The van der Waals surface area contributed by atoms with E-state index < -0.39 is 0 Å². The Bertz CT molecular complexity index is 668. The molecule has 0 radical (unpaired) electrons. The molecule has 4 nitrogen and oxygen atoms in total. The topological polar surface area (TPSA) is 48.0 Å². The molecular weight excluding hydrogens is 228 g/mol. The first-order chi connectivity index (χ1) is 8.90.